The van der Waals surface area contributed by atoms with Gasteiger partial charge in [0.25, 0.3) is 0 Å². The molecular weight excluding hydrogens is 448 g/mol. The zero-order valence-corrected chi connectivity index (χ0v) is 20.1. The molecule has 7 heteroatoms. The van der Waals surface area contributed by atoms with Crippen molar-refractivity contribution < 1.29 is 4.79 Å². The molecule has 36 heavy (non-hydrogen) atoms. The molecule has 0 aliphatic carbocycles. The maximum absolute atomic E-state index is 13.5. The van der Waals surface area contributed by atoms with Crippen LogP contribution in [-0.4, -0.2) is 42.8 Å². The highest BCUT2D eigenvalue weighted by molar-refractivity contribution is 5.84. The van der Waals surface area contributed by atoms with Crippen LogP contribution in [0.15, 0.2) is 91.6 Å². The van der Waals surface area contributed by atoms with Crippen LogP contribution in [0.5, 0.6) is 0 Å². The van der Waals surface area contributed by atoms with Gasteiger partial charge in [-0.2, -0.15) is 5.26 Å². The van der Waals surface area contributed by atoms with Crippen LogP contribution < -0.4 is 0 Å². The van der Waals surface area contributed by atoms with Crippen molar-refractivity contribution in [2.24, 2.45) is 0 Å². The predicted molar refractivity (Wildman–Crippen MR) is 136 cm³/mol. The van der Waals surface area contributed by atoms with Crippen LogP contribution in [-0.2, 0) is 31.0 Å². The number of carbonyl (C=O) groups is 1. The highest BCUT2D eigenvalue weighted by atomic mass is 16.2. The summed E-state index contributed by atoms with van der Waals surface area (Å²) in [4.78, 5) is 26.3. The molecule has 1 aliphatic heterocycles. The number of amides is 1. The normalized spacial score (nSPS) is 15.4. The van der Waals surface area contributed by atoms with Crippen LogP contribution in [0.3, 0.4) is 0 Å². The molecule has 2 aromatic carbocycles. The first-order valence-electron chi connectivity index (χ1n) is 12.1. The van der Waals surface area contributed by atoms with Gasteiger partial charge in [-0.05, 0) is 47.4 Å². The molecule has 0 N–H and O–H groups in total. The summed E-state index contributed by atoms with van der Waals surface area (Å²) in [6.45, 7) is 3.29. The highest BCUT2D eigenvalue weighted by Gasteiger charge is 2.36. The van der Waals surface area contributed by atoms with E-state index in [1.165, 1.54) is 0 Å². The summed E-state index contributed by atoms with van der Waals surface area (Å²) in [5.41, 5.74) is 5.06. The Balaban J connectivity index is 1.35. The zero-order valence-electron chi connectivity index (χ0n) is 20.1. The number of aromatic nitrogens is 3. The van der Waals surface area contributed by atoms with Crippen LogP contribution in [0.4, 0.5) is 0 Å². The van der Waals surface area contributed by atoms with Crippen LogP contribution in [0.2, 0.25) is 0 Å². The topological polar surface area (TPSA) is 78.1 Å². The maximum Gasteiger partial charge on any atom is 0.240 e. The molecule has 0 saturated carbocycles. The lowest BCUT2D eigenvalue weighted by Gasteiger charge is -2.28. The lowest BCUT2D eigenvalue weighted by atomic mass is 10.1. The molecule has 4 aromatic rings. The molecule has 3 heterocycles. The van der Waals surface area contributed by atoms with Crippen molar-refractivity contribution in [3.63, 3.8) is 0 Å². The number of nitrogens with zero attached hydrogens (tertiary/aromatic N) is 6. The Morgan fingerprint density at radius 1 is 0.889 bits per heavy atom. The average Bonchev–Trinajstić information content (AvgIpc) is 3.51. The van der Waals surface area contributed by atoms with Gasteiger partial charge in [-0.25, -0.2) is 4.98 Å². The predicted octanol–water partition coefficient (Wildman–Crippen LogP) is 4.00. The number of hydrogen-bond donors (Lipinski definition) is 0. The minimum Gasteiger partial charge on any atom is -0.337 e. The number of likely N-dealkylation sites (tertiary alicyclic amines) is 1. The highest BCUT2D eigenvalue weighted by Crippen LogP contribution is 2.24. The Morgan fingerprint density at radius 2 is 1.64 bits per heavy atom. The van der Waals surface area contributed by atoms with Crippen molar-refractivity contribution in [1.82, 2.24) is 24.3 Å². The van der Waals surface area contributed by atoms with E-state index in [1.807, 2.05) is 72.0 Å². The van der Waals surface area contributed by atoms with Crippen molar-refractivity contribution in [3.05, 3.63) is 120 Å². The second kappa shape index (κ2) is 11.0. The van der Waals surface area contributed by atoms with Crippen molar-refractivity contribution >= 4 is 5.91 Å². The number of carbonyl (C=O) groups excluding carboxylic acids is 1. The summed E-state index contributed by atoms with van der Waals surface area (Å²) in [6.07, 6.45) is 8.09. The molecule has 1 saturated heterocycles. The molecule has 1 amide bonds. The van der Waals surface area contributed by atoms with Gasteiger partial charge in [0, 0.05) is 51.3 Å². The molecular formula is C29H28N6O. The minimum atomic E-state index is -0.194. The van der Waals surface area contributed by atoms with Gasteiger partial charge in [-0.3, -0.25) is 14.7 Å². The minimum absolute atomic E-state index is 0.172. The van der Waals surface area contributed by atoms with E-state index >= 15 is 0 Å². The smallest absolute Gasteiger partial charge is 0.240 e. The van der Waals surface area contributed by atoms with Crippen molar-refractivity contribution in [3.8, 4) is 6.07 Å². The van der Waals surface area contributed by atoms with Crippen LogP contribution in [0.1, 0.15) is 34.4 Å². The molecule has 0 spiro atoms. The molecule has 5 rings (SSSR count). The van der Waals surface area contributed by atoms with Gasteiger partial charge in [0.15, 0.2) is 0 Å². The average molecular weight is 477 g/mol. The number of nitriles is 1. The van der Waals surface area contributed by atoms with Crippen molar-refractivity contribution in [2.45, 2.75) is 38.6 Å². The second-order valence-electron chi connectivity index (χ2n) is 9.13. The maximum atomic E-state index is 13.5. The molecule has 1 atom stereocenters. The first-order valence-corrected chi connectivity index (χ1v) is 12.1. The third-order valence-corrected chi connectivity index (χ3v) is 6.66. The fourth-order valence-corrected chi connectivity index (χ4v) is 4.73. The van der Waals surface area contributed by atoms with E-state index < -0.39 is 0 Å². The summed E-state index contributed by atoms with van der Waals surface area (Å²) in [5.74, 6) is 0.172. The number of pyridine rings is 1. The molecule has 7 nitrogen and oxygen atoms in total. The first kappa shape index (κ1) is 23.5. The molecule has 0 radical (unpaired) electrons. The monoisotopic (exact) mass is 476 g/mol. The number of hydrogen-bond acceptors (Lipinski definition) is 5. The van der Waals surface area contributed by atoms with Crippen LogP contribution in [0, 0.1) is 11.3 Å². The van der Waals surface area contributed by atoms with Gasteiger partial charge >= 0.3 is 0 Å². The van der Waals surface area contributed by atoms with E-state index in [2.05, 4.69) is 37.6 Å². The van der Waals surface area contributed by atoms with Gasteiger partial charge in [-0.1, -0.05) is 42.5 Å². The Bertz CT molecular complexity index is 1330. The van der Waals surface area contributed by atoms with Crippen molar-refractivity contribution in [1.29, 1.82) is 5.26 Å². The van der Waals surface area contributed by atoms with Crippen LogP contribution in [0.25, 0.3) is 0 Å². The lowest BCUT2D eigenvalue weighted by molar-refractivity contribution is -0.133. The van der Waals surface area contributed by atoms with Crippen molar-refractivity contribution in [2.75, 3.05) is 6.54 Å². The molecule has 1 fully saturated rings. The van der Waals surface area contributed by atoms with E-state index in [0.29, 0.717) is 31.7 Å². The fraction of sp³-hybridized carbons (Fsp3) is 0.241. The molecule has 180 valence electrons. The molecule has 0 unspecified atom stereocenters. The second-order valence-corrected chi connectivity index (χ2v) is 9.13. The summed E-state index contributed by atoms with van der Waals surface area (Å²) in [6, 6.07) is 23.7. The molecule has 0 bridgehead atoms. The standard InChI is InChI=1S/C29H28N6O/c30-16-23-6-8-25(9-7-23)20-35-22-32-17-27(35)21-34(19-26-10-13-31-14-11-26)28-12-15-33(29(28)36)18-24-4-2-1-3-5-24/h1-11,13-14,17,22,28H,12,15,18-21H2/t28-/m1/s1. The SMILES string of the molecule is N#Cc1ccc(Cn2cncc2CN(Cc2ccncc2)[C@@H]2CCN(Cc3ccccc3)C2=O)cc1. The quantitative estimate of drug-likeness (QED) is 0.365. The molecule has 2 aromatic heterocycles. The number of rotatable bonds is 9. The summed E-state index contributed by atoms with van der Waals surface area (Å²) < 4.78 is 2.11. The third-order valence-electron chi connectivity index (χ3n) is 6.66. The number of benzene rings is 2. The third kappa shape index (κ3) is 5.51. The summed E-state index contributed by atoms with van der Waals surface area (Å²) in [7, 11) is 0. The first-order chi connectivity index (χ1) is 17.7. The van der Waals surface area contributed by atoms with E-state index in [-0.39, 0.29) is 11.9 Å². The fourth-order valence-electron chi connectivity index (χ4n) is 4.73. The van der Waals surface area contributed by atoms with E-state index in [9.17, 15) is 4.79 Å². The lowest BCUT2D eigenvalue weighted by Crippen LogP contribution is -2.41. The van der Waals surface area contributed by atoms with E-state index in [1.54, 1.807) is 12.4 Å². The summed E-state index contributed by atoms with van der Waals surface area (Å²) in [5, 5.41) is 9.07. The Kier molecular flexibility index (Phi) is 7.15. The Hall–Kier alpha value is -4.28. The van der Waals surface area contributed by atoms with Gasteiger partial charge in [0.2, 0.25) is 5.91 Å². The van der Waals surface area contributed by atoms with Gasteiger partial charge in [-0.15, -0.1) is 0 Å². The molecule has 1 aliphatic rings. The van der Waals surface area contributed by atoms with Gasteiger partial charge in [0.1, 0.15) is 0 Å². The van der Waals surface area contributed by atoms with E-state index in [0.717, 1.165) is 35.3 Å². The Morgan fingerprint density at radius 3 is 2.39 bits per heavy atom. The van der Waals surface area contributed by atoms with Gasteiger partial charge < -0.3 is 9.47 Å². The van der Waals surface area contributed by atoms with Gasteiger partial charge in [0.05, 0.1) is 29.7 Å². The zero-order chi connectivity index (χ0) is 24.7. The van der Waals surface area contributed by atoms with E-state index in [4.69, 9.17) is 5.26 Å². The largest absolute Gasteiger partial charge is 0.337 e. The van der Waals surface area contributed by atoms with Crippen LogP contribution >= 0.6 is 0 Å². The number of imidazole rings is 1. The Labute approximate surface area is 211 Å². The summed E-state index contributed by atoms with van der Waals surface area (Å²) >= 11 is 0.